The summed E-state index contributed by atoms with van der Waals surface area (Å²) >= 11 is 0. The molecule has 0 aromatic heterocycles. The smallest absolute Gasteiger partial charge is 0.306 e. The monoisotopic (exact) mass is 669 g/mol. The van der Waals surface area contributed by atoms with E-state index in [1.54, 1.807) is 0 Å². The third-order valence-corrected chi connectivity index (χ3v) is 8.74. The summed E-state index contributed by atoms with van der Waals surface area (Å²) in [5.74, 6) is -0.690. The van der Waals surface area contributed by atoms with Gasteiger partial charge in [0.2, 0.25) is 0 Å². The van der Waals surface area contributed by atoms with Crippen LogP contribution in [-0.2, 0) is 14.3 Å². The molecule has 1 N–H and O–H groups in total. The fraction of sp³-hybridized carbons (Fsp3) is 0.727. The van der Waals surface area contributed by atoms with Crippen LogP contribution in [0.1, 0.15) is 200 Å². The number of esters is 1. The quantitative estimate of drug-likeness (QED) is 0.0410. The van der Waals surface area contributed by atoms with Crippen molar-refractivity contribution in [3.8, 4) is 0 Å². The number of carbonyl (C=O) groups is 2. The Hall–Kier alpha value is -2.36. The molecule has 0 aliphatic rings. The fourth-order valence-electron chi connectivity index (χ4n) is 5.78. The van der Waals surface area contributed by atoms with Gasteiger partial charge in [-0.3, -0.25) is 9.59 Å². The second-order valence-corrected chi connectivity index (χ2v) is 13.6. The molecular weight excluding hydrogens is 592 g/mol. The number of unbranched alkanes of at least 4 members (excludes halogenated alkanes) is 19. The Labute approximate surface area is 297 Å². The summed E-state index contributed by atoms with van der Waals surface area (Å²) in [5, 5.41) is 8.65. The Balaban J connectivity index is 3.41. The Morgan fingerprint density at radius 3 is 1.27 bits per heavy atom. The van der Waals surface area contributed by atoms with Crippen LogP contribution in [0.3, 0.4) is 0 Å². The maximum atomic E-state index is 12.2. The summed E-state index contributed by atoms with van der Waals surface area (Å²) in [6.45, 7) is 4.21. The van der Waals surface area contributed by atoms with Gasteiger partial charge in [0.15, 0.2) is 0 Å². The van der Waals surface area contributed by atoms with Crippen molar-refractivity contribution in [2.24, 2.45) is 0 Å². The molecule has 0 aromatic carbocycles. The molecular formula is C44H76O4. The molecule has 0 spiro atoms. The van der Waals surface area contributed by atoms with Crippen LogP contribution in [0, 0.1) is 0 Å². The lowest BCUT2D eigenvalue weighted by Crippen LogP contribution is -2.14. The third kappa shape index (κ3) is 39.8. The van der Waals surface area contributed by atoms with Gasteiger partial charge in [0.1, 0.15) is 0 Å². The number of carboxylic acid groups (broad SMARTS) is 1. The van der Waals surface area contributed by atoms with E-state index in [9.17, 15) is 9.59 Å². The van der Waals surface area contributed by atoms with Crippen LogP contribution in [0.15, 0.2) is 60.8 Å². The first-order valence-corrected chi connectivity index (χ1v) is 20.2. The number of ether oxygens (including phenoxy) is 1. The lowest BCUT2D eigenvalue weighted by Gasteiger charge is -2.13. The van der Waals surface area contributed by atoms with Gasteiger partial charge in [-0.25, -0.2) is 0 Å². The van der Waals surface area contributed by atoms with Crippen molar-refractivity contribution in [1.29, 1.82) is 0 Å². The van der Waals surface area contributed by atoms with E-state index >= 15 is 0 Å². The van der Waals surface area contributed by atoms with Crippen molar-refractivity contribution in [3.05, 3.63) is 60.8 Å². The zero-order valence-electron chi connectivity index (χ0n) is 31.5. The van der Waals surface area contributed by atoms with Crippen molar-refractivity contribution in [1.82, 2.24) is 0 Å². The Morgan fingerprint density at radius 1 is 0.479 bits per heavy atom. The molecule has 276 valence electrons. The maximum absolute atomic E-state index is 12.2. The molecule has 0 aromatic rings. The highest BCUT2D eigenvalue weighted by Crippen LogP contribution is 2.16. The van der Waals surface area contributed by atoms with E-state index in [-0.39, 0.29) is 12.1 Å². The average molecular weight is 669 g/mol. The number of allylic oxidation sites excluding steroid dienone is 10. The van der Waals surface area contributed by atoms with Gasteiger partial charge in [0.05, 0.1) is 6.10 Å². The second kappa shape index (κ2) is 39.1. The van der Waals surface area contributed by atoms with E-state index in [0.717, 1.165) is 83.5 Å². The summed E-state index contributed by atoms with van der Waals surface area (Å²) in [7, 11) is 0. The van der Waals surface area contributed by atoms with Crippen molar-refractivity contribution < 1.29 is 19.4 Å². The molecule has 0 aliphatic heterocycles. The molecule has 0 saturated carbocycles. The number of rotatable bonds is 36. The molecule has 4 nitrogen and oxygen atoms in total. The lowest BCUT2D eigenvalue weighted by molar-refractivity contribution is -0.148. The zero-order chi connectivity index (χ0) is 35.0. The Bertz CT molecular complexity index is 850. The number of aliphatic carboxylic acids is 1. The summed E-state index contributed by atoms with van der Waals surface area (Å²) in [4.78, 5) is 22.7. The first-order valence-electron chi connectivity index (χ1n) is 20.2. The molecule has 0 bridgehead atoms. The van der Waals surface area contributed by atoms with E-state index < -0.39 is 5.97 Å². The maximum Gasteiger partial charge on any atom is 0.306 e. The van der Waals surface area contributed by atoms with Gasteiger partial charge >= 0.3 is 11.9 Å². The molecule has 1 unspecified atom stereocenters. The SMILES string of the molecule is CC/C=C\C/C=C\C/C=C\C/C=C\C/C=C\CCCCCC(=O)OC(C)CCCCCCCCCCCCCCCCCCCC(=O)O. The third-order valence-electron chi connectivity index (χ3n) is 8.74. The lowest BCUT2D eigenvalue weighted by atomic mass is 10.0. The van der Waals surface area contributed by atoms with Gasteiger partial charge in [-0.05, 0) is 77.6 Å². The summed E-state index contributed by atoms with van der Waals surface area (Å²) in [6.07, 6.45) is 55.2. The molecule has 0 saturated heterocycles. The minimum atomic E-state index is -0.665. The minimum absolute atomic E-state index is 0.0256. The van der Waals surface area contributed by atoms with Crippen LogP contribution in [0.4, 0.5) is 0 Å². The molecule has 1 atom stereocenters. The van der Waals surface area contributed by atoms with Crippen molar-refractivity contribution >= 4 is 11.9 Å². The Morgan fingerprint density at radius 2 is 0.833 bits per heavy atom. The molecule has 0 fully saturated rings. The number of hydrogen-bond donors (Lipinski definition) is 1. The summed E-state index contributed by atoms with van der Waals surface area (Å²) in [5.41, 5.74) is 0. The van der Waals surface area contributed by atoms with Crippen LogP contribution < -0.4 is 0 Å². The van der Waals surface area contributed by atoms with Gasteiger partial charge in [-0.2, -0.15) is 0 Å². The number of hydrogen-bond acceptors (Lipinski definition) is 3. The van der Waals surface area contributed by atoms with Crippen LogP contribution in [0.5, 0.6) is 0 Å². The molecule has 4 heteroatoms. The zero-order valence-corrected chi connectivity index (χ0v) is 31.5. The fourth-order valence-corrected chi connectivity index (χ4v) is 5.78. The van der Waals surface area contributed by atoms with E-state index in [4.69, 9.17) is 9.84 Å². The average Bonchev–Trinajstić information content (AvgIpc) is 3.06. The van der Waals surface area contributed by atoms with E-state index in [2.05, 4.69) is 67.7 Å². The molecule has 0 heterocycles. The largest absolute Gasteiger partial charge is 0.481 e. The van der Waals surface area contributed by atoms with Crippen LogP contribution >= 0.6 is 0 Å². The summed E-state index contributed by atoms with van der Waals surface area (Å²) in [6, 6.07) is 0. The normalized spacial score (nSPS) is 12.9. The van der Waals surface area contributed by atoms with Crippen LogP contribution in [0.2, 0.25) is 0 Å². The van der Waals surface area contributed by atoms with Gasteiger partial charge in [-0.15, -0.1) is 0 Å². The topological polar surface area (TPSA) is 63.6 Å². The second-order valence-electron chi connectivity index (χ2n) is 13.6. The highest BCUT2D eigenvalue weighted by molar-refractivity contribution is 5.69. The highest BCUT2D eigenvalue weighted by Gasteiger charge is 2.09. The van der Waals surface area contributed by atoms with Gasteiger partial charge < -0.3 is 9.84 Å². The standard InChI is InChI=1S/C44H76O4/c1-3-4-5-6-7-8-9-10-11-12-13-17-20-23-26-29-32-35-38-41-44(47)48-42(2)39-36-33-30-27-24-21-18-15-14-16-19-22-25-28-31-34-37-40-43(45)46/h4-5,7-8,10-11,13,17,23,26,42H,3,6,9,12,14-16,18-22,24-25,27-41H2,1-2H3,(H,45,46)/b5-4-,8-7-,11-10-,17-13-,26-23-. The van der Waals surface area contributed by atoms with Gasteiger partial charge in [0.25, 0.3) is 0 Å². The molecule has 0 amide bonds. The highest BCUT2D eigenvalue weighted by atomic mass is 16.5. The van der Waals surface area contributed by atoms with Crippen LogP contribution in [0.25, 0.3) is 0 Å². The van der Waals surface area contributed by atoms with Crippen molar-refractivity contribution in [3.63, 3.8) is 0 Å². The van der Waals surface area contributed by atoms with E-state index in [1.807, 2.05) is 6.92 Å². The molecule has 0 aliphatic carbocycles. The van der Waals surface area contributed by atoms with Gasteiger partial charge in [-0.1, -0.05) is 170 Å². The van der Waals surface area contributed by atoms with Gasteiger partial charge in [0, 0.05) is 12.8 Å². The summed E-state index contributed by atoms with van der Waals surface area (Å²) < 4.78 is 5.64. The first kappa shape index (κ1) is 45.6. The molecule has 0 rings (SSSR count). The Kier molecular flexibility index (Phi) is 37.2. The van der Waals surface area contributed by atoms with E-state index in [0.29, 0.717) is 12.8 Å². The van der Waals surface area contributed by atoms with Crippen LogP contribution in [-0.4, -0.2) is 23.1 Å². The number of carboxylic acids is 1. The van der Waals surface area contributed by atoms with E-state index in [1.165, 1.54) is 89.9 Å². The van der Waals surface area contributed by atoms with Crippen molar-refractivity contribution in [2.75, 3.05) is 0 Å². The minimum Gasteiger partial charge on any atom is -0.481 e. The predicted octanol–water partition coefficient (Wildman–Crippen LogP) is 14.1. The predicted molar refractivity (Wildman–Crippen MR) is 208 cm³/mol. The first-order chi connectivity index (χ1) is 23.6. The molecule has 48 heavy (non-hydrogen) atoms. The molecule has 0 radical (unpaired) electrons. The number of carbonyl (C=O) groups excluding carboxylic acids is 1. The van der Waals surface area contributed by atoms with Crippen molar-refractivity contribution in [2.45, 2.75) is 206 Å².